The third-order valence-electron chi connectivity index (χ3n) is 3.51. The van der Waals surface area contributed by atoms with E-state index in [1.54, 1.807) is 0 Å². The molecule has 0 aromatic carbocycles. The molecule has 0 aromatic rings. The Labute approximate surface area is 130 Å². The van der Waals surface area contributed by atoms with E-state index in [1.807, 2.05) is 0 Å². The van der Waals surface area contributed by atoms with Gasteiger partial charge in [-0.3, -0.25) is 0 Å². The van der Waals surface area contributed by atoms with Crippen molar-refractivity contribution in [3.05, 3.63) is 0 Å². The van der Waals surface area contributed by atoms with Crippen molar-refractivity contribution in [2.45, 2.75) is 66.2 Å². The molecule has 0 bridgehead atoms. The van der Waals surface area contributed by atoms with E-state index in [9.17, 15) is 0 Å². The smallest absolute Gasteiger partial charge is 0.0910 e. The van der Waals surface area contributed by atoms with Crippen LogP contribution in [-0.4, -0.2) is 28.0 Å². The van der Waals surface area contributed by atoms with E-state index in [0.29, 0.717) is 4.99 Å². The number of hydrogen-bond acceptors (Lipinski definition) is 2. The van der Waals surface area contributed by atoms with Gasteiger partial charge in [0, 0.05) is 13.1 Å². The Balaban J connectivity index is 5.29. The second kappa shape index (κ2) is 9.65. The van der Waals surface area contributed by atoms with Gasteiger partial charge in [0.05, 0.1) is 15.4 Å². The van der Waals surface area contributed by atoms with Gasteiger partial charge in [-0.2, -0.15) is 0 Å². The lowest BCUT2D eigenvalue weighted by atomic mass is 9.78. The molecule has 112 valence electrons. The lowest BCUT2D eigenvalue weighted by Gasteiger charge is -2.39. The highest BCUT2D eigenvalue weighted by Gasteiger charge is 2.38. The maximum atomic E-state index is 6.09. The van der Waals surface area contributed by atoms with Crippen LogP contribution in [0.1, 0.15) is 66.2 Å². The minimum atomic E-state index is -0.251. The molecular weight excluding hydrogens is 272 g/mol. The van der Waals surface area contributed by atoms with Crippen LogP contribution in [-0.2, 0) is 0 Å². The van der Waals surface area contributed by atoms with Crippen LogP contribution in [0.25, 0.3) is 0 Å². The number of thiocarbonyl (C=S) groups is 2. The predicted octanol–water partition coefficient (Wildman–Crippen LogP) is 4.31. The van der Waals surface area contributed by atoms with E-state index in [4.69, 9.17) is 30.2 Å². The van der Waals surface area contributed by atoms with Crippen LogP contribution < -0.4 is 5.73 Å². The first-order chi connectivity index (χ1) is 8.99. The van der Waals surface area contributed by atoms with Gasteiger partial charge in [-0.25, -0.2) is 0 Å². The van der Waals surface area contributed by atoms with E-state index in [1.165, 1.54) is 0 Å². The molecule has 4 heteroatoms. The maximum absolute atomic E-state index is 6.09. The summed E-state index contributed by atoms with van der Waals surface area (Å²) in [5, 5.41) is 0. The Bertz CT molecular complexity index is 278. The number of rotatable bonds is 10. The Morgan fingerprint density at radius 3 is 1.58 bits per heavy atom. The van der Waals surface area contributed by atoms with Crippen LogP contribution in [0.2, 0.25) is 0 Å². The van der Waals surface area contributed by atoms with Gasteiger partial charge in [0.15, 0.2) is 0 Å². The molecule has 0 unspecified atom stereocenters. The Morgan fingerprint density at radius 1 is 0.895 bits per heavy atom. The highest BCUT2D eigenvalue weighted by Crippen LogP contribution is 2.34. The fourth-order valence-corrected chi connectivity index (χ4v) is 3.56. The van der Waals surface area contributed by atoms with Gasteiger partial charge in [0.1, 0.15) is 0 Å². The van der Waals surface area contributed by atoms with E-state index >= 15 is 0 Å². The summed E-state index contributed by atoms with van der Waals surface area (Å²) in [7, 11) is 0. The minimum absolute atomic E-state index is 0.251. The van der Waals surface area contributed by atoms with E-state index in [2.05, 4.69) is 32.6 Å². The van der Waals surface area contributed by atoms with Crippen LogP contribution in [0.5, 0.6) is 0 Å². The van der Waals surface area contributed by atoms with Crippen molar-refractivity contribution >= 4 is 34.4 Å². The molecule has 0 aliphatic rings. The SMILES string of the molecule is CCCN(CCC)C(=S)C(CCC)(CCC)C(N)=S. The van der Waals surface area contributed by atoms with Crippen LogP contribution >= 0.6 is 24.4 Å². The van der Waals surface area contributed by atoms with Crippen molar-refractivity contribution < 1.29 is 0 Å². The fraction of sp³-hybridized carbons (Fsp3) is 0.867. The molecule has 0 atom stereocenters. The molecule has 19 heavy (non-hydrogen) atoms. The van der Waals surface area contributed by atoms with Crippen molar-refractivity contribution in [2.75, 3.05) is 13.1 Å². The fourth-order valence-electron chi connectivity index (χ4n) is 2.70. The first-order valence-corrected chi connectivity index (χ1v) is 8.41. The first-order valence-electron chi connectivity index (χ1n) is 7.59. The normalized spacial score (nSPS) is 11.4. The molecule has 2 N–H and O–H groups in total. The standard InChI is InChI=1S/C15H30N2S2/c1-5-9-15(10-6-2,13(16)18)14(19)17(11-7-3)12-8-4/h5-12H2,1-4H3,(H2,16,18). The molecule has 0 amide bonds. The Kier molecular flexibility index (Phi) is 9.54. The summed E-state index contributed by atoms with van der Waals surface area (Å²) in [5.74, 6) is 0. The van der Waals surface area contributed by atoms with Gasteiger partial charge in [0.2, 0.25) is 0 Å². The molecule has 0 aliphatic heterocycles. The van der Waals surface area contributed by atoms with E-state index in [-0.39, 0.29) is 5.41 Å². The quantitative estimate of drug-likeness (QED) is 0.609. The van der Waals surface area contributed by atoms with Gasteiger partial charge in [-0.05, 0) is 25.7 Å². The van der Waals surface area contributed by atoms with Crippen molar-refractivity contribution in [3.8, 4) is 0 Å². The zero-order valence-corrected chi connectivity index (χ0v) is 14.6. The van der Waals surface area contributed by atoms with Crippen molar-refractivity contribution in [1.29, 1.82) is 0 Å². The van der Waals surface area contributed by atoms with Crippen LogP contribution in [0.3, 0.4) is 0 Å². The molecule has 0 aliphatic carbocycles. The van der Waals surface area contributed by atoms with Gasteiger partial charge < -0.3 is 10.6 Å². The van der Waals surface area contributed by atoms with E-state index in [0.717, 1.165) is 56.6 Å². The predicted molar refractivity (Wildman–Crippen MR) is 93.8 cm³/mol. The third-order valence-corrected chi connectivity index (χ3v) is 4.55. The van der Waals surface area contributed by atoms with Gasteiger partial charge in [-0.15, -0.1) is 0 Å². The van der Waals surface area contributed by atoms with Crippen LogP contribution in [0, 0.1) is 5.41 Å². The Hall–Kier alpha value is -0.220. The second-order valence-corrected chi connectivity index (χ2v) is 6.07. The van der Waals surface area contributed by atoms with Crippen molar-refractivity contribution in [2.24, 2.45) is 11.1 Å². The first kappa shape index (κ1) is 18.8. The summed E-state index contributed by atoms with van der Waals surface area (Å²) < 4.78 is 0. The lowest BCUT2D eigenvalue weighted by Crippen LogP contribution is -2.50. The summed E-state index contributed by atoms with van der Waals surface area (Å²) in [5.41, 5.74) is 5.84. The van der Waals surface area contributed by atoms with Crippen LogP contribution in [0.4, 0.5) is 0 Å². The monoisotopic (exact) mass is 302 g/mol. The number of nitrogens with zero attached hydrogens (tertiary/aromatic N) is 1. The highest BCUT2D eigenvalue weighted by molar-refractivity contribution is 7.82. The molecule has 0 spiro atoms. The zero-order valence-electron chi connectivity index (χ0n) is 13.0. The molecule has 0 rings (SSSR count). The lowest BCUT2D eigenvalue weighted by molar-refractivity contribution is 0.360. The third kappa shape index (κ3) is 4.99. The Morgan fingerprint density at radius 2 is 1.32 bits per heavy atom. The van der Waals surface area contributed by atoms with Crippen molar-refractivity contribution in [3.63, 3.8) is 0 Å². The summed E-state index contributed by atoms with van der Waals surface area (Å²) in [6.07, 6.45) is 6.27. The summed E-state index contributed by atoms with van der Waals surface area (Å²) in [6, 6.07) is 0. The van der Waals surface area contributed by atoms with Crippen LogP contribution in [0.15, 0.2) is 0 Å². The molecule has 0 fully saturated rings. The number of hydrogen-bond donors (Lipinski definition) is 1. The minimum Gasteiger partial charge on any atom is -0.393 e. The average Bonchev–Trinajstić information content (AvgIpc) is 2.37. The largest absolute Gasteiger partial charge is 0.393 e. The topological polar surface area (TPSA) is 29.3 Å². The zero-order chi connectivity index (χ0) is 14.9. The summed E-state index contributed by atoms with van der Waals surface area (Å²) >= 11 is 11.2. The molecule has 0 aromatic heterocycles. The summed E-state index contributed by atoms with van der Waals surface area (Å²) in [6.45, 7) is 10.7. The molecule has 0 saturated heterocycles. The summed E-state index contributed by atoms with van der Waals surface area (Å²) in [4.78, 5) is 3.88. The van der Waals surface area contributed by atoms with Gasteiger partial charge >= 0.3 is 0 Å². The second-order valence-electron chi connectivity index (χ2n) is 5.24. The molecule has 0 heterocycles. The average molecular weight is 303 g/mol. The molecule has 0 saturated carbocycles. The van der Waals surface area contributed by atoms with Gasteiger partial charge in [-0.1, -0.05) is 65.0 Å². The van der Waals surface area contributed by atoms with Crippen molar-refractivity contribution in [1.82, 2.24) is 4.90 Å². The van der Waals surface area contributed by atoms with E-state index < -0.39 is 0 Å². The molecule has 0 radical (unpaired) electrons. The molecule has 2 nitrogen and oxygen atoms in total. The highest BCUT2D eigenvalue weighted by atomic mass is 32.1. The number of nitrogens with two attached hydrogens (primary N) is 1. The molecular formula is C15H30N2S2. The van der Waals surface area contributed by atoms with Gasteiger partial charge in [0.25, 0.3) is 0 Å². The maximum Gasteiger partial charge on any atom is 0.0910 e.